The summed E-state index contributed by atoms with van der Waals surface area (Å²) in [6.07, 6.45) is 6.40. The zero-order valence-electron chi connectivity index (χ0n) is 12.7. The lowest BCUT2D eigenvalue weighted by molar-refractivity contribution is 0.102. The average molecular weight is 299 g/mol. The van der Waals surface area contributed by atoms with Gasteiger partial charge in [0.25, 0.3) is 5.91 Å². The molecule has 1 amide bonds. The molecule has 5 heteroatoms. The largest absolute Gasteiger partial charge is 0.392 e. The highest BCUT2D eigenvalue weighted by atomic mass is 16.3. The van der Waals surface area contributed by atoms with Crippen LogP contribution >= 0.6 is 0 Å². The number of benzene rings is 1. The summed E-state index contributed by atoms with van der Waals surface area (Å²) in [6.45, 7) is 1.91. The number of aromatic nitrogens is 2. The van der Waals surface area contributed by atoms with Gasteiger partial charge in [-0.25, -0.2) is 0 Å². The molecule has 1 aliphatic rings. The zero-order valence-corrected chi connectivity index (χ0v) is 12.7. The highest BCUT2D eigenvalue weighted by Crippen LogP contribution is 2.30. The van der Waals surface area contributed by atoms with E-state index in [0.717, 1.165) is 24.1 Å². The fraction of sp³-hybridized carbons (Fsp3) is 0.412. The number of rotatable bonds is 4. The van der Waals surface area contributed by atoms with Crippen LogP contribution in [-0.4, -0.2) is 20.8 Å². The molecule has 1 fully saturated rings. The molecule has 1 aromatic carbocycles. The van der Waals surface area contributed by atoms with Crippen molar-refractivity contribution in [2.45, 2.75) is 45.3 Å². The van der Waals surface area contributed by atoms with Gasteiger partial charge in [-0.2, -0.15) is 5.10 Å². The molecule has 2 aromatic rings. The second-order valence-corrected chi connectivity index (χ2v) is 5.84. The normalized spacial score (nSPS) is 15.2. The van der Waals surface area contributed by atoms with Gasteiger partial charge >= 0.3 is 0 Å². The van der Waals surface area contributed by atoms with Gasteiger partial charge in [0.2, 0.25) is 0 Å². The molecule has 1 aliphatic carbocycles. The van der Waals surface area contributed by atoms with Crippen LogP contribution in [0.1, 0.15) is 53.3 Å². The van der Waals surface area contributed by atoms with Crippen LogP contribution in [0.5, 0.6) is 0 Å². The average Bonchev–Trinajstić information content (AvgIpc) is 3.16. The zero-order chi connectivity index (χ0) is 15.5. The van der Waals surface area contributed by atoms with E-state index in [-0.39, 0.29) is 12.5 Å². The van der Waals surface area contributed by atoms with E-state index in [1.807, 2.05) is 29.8 Å². The first-order valence-electron chi connectivity index (χ1n) is 7.74. The van der Waals surface area contributed by atoms with Gasteiger partial charge in [0, 0.05) is 11.4 Å². The summed E-state index contributed by atoms with van der Waals surface area (Å²) in [5.74, 6) is -0.156. The number of hydrogen-bond acceptors (Lipinski definition) is 3. The Morgan fingerprint density at radius 3 is 2.91 bits per heavy atom. The molecule has 0 bridgehead atoms. The van der Waals surface area contributed by atoms with Crippen molar-refractivity contribution in [1.29, 1.82) is 0 Å². The van der Waals surface area contributed by atoms with Crippen LogP contribution in [0.25, 0.3) is 0 Å². The molecule has 1 aromatic heterocycles. The fourth-order valence-corrected chi connectivity index (χ4v) is 3.11. The van der Waals surface area contributed by atoms with Gasteiger partial charge in [-0.05, 0) is 37.5 Å². The Morgan fingerprint density at radius 1 is 1.41 bits per heavy atom. The molecule has 2 N–H and O–H groups in total. The molecule has 1 saturated carbocycles. The van der Waals surface area contributed by atoms with Gasteiger partial charge in [-0.15, -0.1) is 0 Å². The van der Waals surface area contributed by atoms with E-state index in [9.17, 15) is 4.79 Å². The number of nitrogens with zero attached hydrogens (tertiary/aromatic N) is 2. The number of nitrogens with one attached hydrogen (secondary N) is 1. The molecule has 1 heterocycles. The molecule has 0 saturated heterocycles. The minimum absolute atomic E-state index is 0.0393. The third-order valence-corrected chi connectivity index (χ3v) is 4.33. The first-order valence-corrected chi connectivity index (χ1v) is 7.74. The molecule has 0 atom stereocenters. The minimum atomic E-state index is -0.156. The third kappa shape index (κ3) is 2.90. The number of aliphatic hydroxyl groups excluding tert-OH is 1. The van der Waals surface area contributed by atoms with Crippen molar-refractivity contribution in [3.05, 3.63) is 47.3 Å². The van der Waals surface area contributed by atoms with Gasteiger partial charge in [-0.1, -0.05) is 25.0 Å². The van der Waals surface area contributed by atoms with E-state index in [1.165, 1.54) is 12.8 Å². The standard InChI is InChI=1S/C17H21N3O2/c1-12-16(10-18-20(12)15-7-2-3-8-15)17(22)19-14-6-4-5-13(9-14)11-21/h4-6,9-10,15,21H,2-3,7-8,11H2,1H3,(H,19,22). The molecule has 0 unspecified atom stereocenters. The van der Waals surface area contributed by atoms with Crippen molar-refractivity contribution in [2.75, 3.05) is 5.32 Å². The predicted octanol–water partition coefficient (Wildman–Crippen LogP) is 3.05. The molecular formula is C17H21N3O2. The number of carbonyl (C=O) groups excluding carboxylic acids is 1. The lowest BCUT2D eigenvalue weighted by Gasteiger charge is -2.12. The molecule has 0 aliphatic heterocycles. The molecular weight excluding hydrogens is 278 g/mol. The number of aliphatic hydroxyl groups is 1. The fourth-order valence-electron chi connectivity index (χ4n) is 3.11. The van der Waals surface area contributed by atoms with Crippen LogP contribution in [0.2, 0.25) is 0 Å². The Kier molecular flexibility index (Phi) is 4.24. The van der Waals surface area contributed by atoms with Crippen LogP contribution in [0, 0.1) is 6.92 Å². The third-order valence-electron chi connectivity index (χ3n) is 4.33. The van der Waals surface area contributed by atoms with Crippen LogP contribution in [0.3, 0.4) is 0 Å². The highest BCUT2D eigenvalue weighted by Gasteiger charge is 2.22. The van der Waals surface area contributed by atoms with Gasteiger partial charge in [0.1, 0.15) is 0 Å². The summed E-state index contributed by atoms with van der Waals surface area (Å²) in [5.41, 5.74) is 2.99. The second kappa shape index (κ2) is 6.32. The summed E-state index contributed by atoms with van der Waals surface area (Å²) in [7, 11) is 0. The van der Waals surface area contributed by atoms with E-state index < -0.39 is 0 Å². The number of hydrogen-bond donors (Lipinski definition) is 2. The van der Waals surface area contributed by atoms with Gasteiger partial charge < -0.3 is 10.4 Å². The van der Waals surface area contributed by atoms with Crippen molar-refractivity contribution in [3.8, 4) is 0 Å². The van der Waals surface area contributed by atoms with Crippen molar-refractivity contribution in [1.82, 2.24) is 9.78 Å². The smallest absolute Gasteiger partial charge is 0.259 e. The van der Waals surface area contributed by atoms with E-state index >= 15 is 0 Å². The van der Waals surface area contributed by atoms with E-state index in [2.05, 4.69) is 10.4 Å². The van der Waals surface area contributed by atoms with Crippen molar-refractivity contribution < 1.29 is 9.90 Å². The van der Waals surface area contributed by atoms with E-state index in [4.69, 9.17) is 5.11 Å². The molecule has 22 heavy (non-hydrogen) atoms. The maximum absolute atomic E-state index is 12.4. The first-order chi connectivity index (χ1) is 10.7. The maximum atomic E-state index is 12.4. The first kappa shape index (κ1) is 14.8. The number of anilines is 1. The van der Waals surface area contributed by atoms with Crippen LogP contribution in [-0.2, 0) is 6.61 Å². The van der Waals surface area contributed by atoms with E-state index in [0.29, 0.717) is 17.3 Å². The Hall–Kier alpha value is -2.14. The summed E-state index contributed by atoms with van der Waals surface area (Å²) in [4.78, 5) is 12.4. The highest BCUT2D eigenvalue weighted by molar-refractivity contribution is 6.04. The predicted molar refractivity (Wildman–Crippen MR) is 84.8 cm³/mol. The minimum Gasteiger partial charge on any atom is -0.392 e. The molecule has 116 valence electrons. The molecule has 0 spiro atoms. The monoisotopic (exact) mass is 299 g/mol. The Bertz CT molecular complexity index is 672. The Labute approximate surface area is 130 Å². The lowest BCUT2D eigenvalue weighted by atomic mass is 10.2. The summed E-state index contributed by atoms with van der Waals surface area (Å²) >= 11 is 0. The quantitative estimate of drug-likeness (QED) is 0.912. The van der Waals surface area contributed by atoms with Crippen LogP contribution in [0.15, 0.2) is 30.5 Å². The van der Waals surface area contributed by atoms with Crippen LogP contribution in [0.4, 0.5) is 5.69 Å². The van der Waals surface area contributed by atoms with Crippen molar-refractivity contribution in [3.63, 3.8) is 0 Å². The van der Waals surface area contributed by atoms with Gasteiger partial charge in [-0.3, -0.25) is 9.48 Å². The van der Waals surface area contributed by atoms with Gasteiger partial charge in [0.15, 0.2) is 0 Å². The summed E-state index contributed by atoms with van der Waals surface area (Å²) in [5, 5.41) is 16.4. The maximum Gasteiger partial charge on any atom is 0.259 e. The SMILES string of the molecule is Cc1c(C(=O)Nc2cccc(CO)c2)cnn1C1CCCC1. The molecule has 0 radical (unpaired) electrons. The topological polar surface area (TPSA) is 67.2 Å². The van der Waals surface area contributed by atoms with Crippen LogP contribution < -0.4 is 5.32 Å². The second-order valence-electron chi connectivity index (χ2n) is 5.84. The van der Waals surface area contributed by atoms with E-state index in [1.54, 1.807) is 12.3 Å². The Morgan fingerprint density at radius 2 is 2.18 bits per heavy atom. The van der Waals surface area contributed by atoms with Crippen molar-refractivity contribution >= 4 is 11.6 Å². The lowest BCUT2D eigenvalue weighted by Crippen LogP contribution is -2.14. The number of amides is 1. The Balaban J connectivity index is 1.77. The molecule has 3 rings (SSSR count). The summed E-state index contributed by atoms with van der Waals surface area (Å²) in [6, 6.07) is 7.65. The number of carbonyl (C=O) groups is 1. The van der Waals surface area contributed by atoms with Crippen molar-refractivity contribution in [2.24, 2.45) is 0 Å². The molecule has 5 nitrogen and oxygen atoms in total. The van der Waals surface area contributed by atoms with Gasteiger partial charge in [0.05, 0.1) is 24.4 Å². The summed E-state index contributed by atoms with van der Waals surface area (Å²) < 4.78 is 1.99.